The molecule has 0 radical (unpaired) electrons. The Balaban J connectivity index is 1.36. The van der Waals surface area contributed by atoms with Crippen molar-refractivity contribution in [2.24, 2.45) is 0 Å². The van der Waals surface area contributed by atoms with Gasteiger partial charge in [-0.25, -0.2) is 0 Å². The summed E-state index contributed by atoms with van der Waals surface area (Å²) < 4.78 is 0. The molecule has 9 aromatic rings. The molecule has 0 fully saturated rings. The topological polar surface area (TPSA) is 0 Å². The zero-order chi connectivity index (χ0) is 29.0. The predicted molar refractivity (Wildman–Crippen MR) is 190 cm³/mol. The largest absolute Gasteiger partial charge is 0.0622 e. The second-order valence-electron chi connectivity index (χ2n) is 11.7. The third kappa shape index (κ3) is 3.92. The van der Waals surface area contributed by atoms with Gasteiger partial charge >= 0.3 is 0 Å². The van der Waals surface area contributed by atoms with Gasteiger partial charge in [-0.05, 0) is 112 Å². The maximum Gasteiger partial charge on any atom is -0.00143 e. The molecular formula is C44H28. The molecule has 0 heterocycles. The second kappa shape index (κ2) is 9.93. The van der Waals surface area contributed by atoms with Crippen molar-refractivity contribution in [3.05, 3.63) is 170 Å². The minimum Gasteiger partial charge on any atom is -0.0622 e. The molecule has 9 aromatic carbocycles. The molecule has 0 atom stereocenters. The molecule has 0 nitrogen and oxygen atoms in total. The van der Waals surface area contributed by atoms with Gasteiger partial charge in [0.2, 0.25) is 0 Å². The highest BCUT2D eigenvalue weighted by Gasteiger charge is 2.16. The first-order chi connectivity index (χ1) is 21.8. The van der Waals surface area contributed by atoms with E-state index >= 15 is 0 Å². The first-order valence-electron chi connectivity index (χ1n) is 15.3. The zero-order valence-electron chi connectivity index (χ0n) is 24.2. The highest BCUT2D eigenvalue weighted by Crippen LogP contribution is 2.44. The summed E-state index contributed by atoms with van der Waals surface area (Å²) in [6, 6.07) is 62.4. The van der Waals surface area contributed by atoms with Crippen molar-refractivity contribution in [1.29, 1.82) is 0 Å². The molecule has 0 saturated carbocycles. The Morgan fingerprint density at radius 3 is 1.66 bits per heavy atom. The van der Waals surface area contributed by atoms with Crippen molar-refractivity contribution in [3.63, 3.8) is 0 Å². The molecule has 0 unspecified atom stereocenters. The molecule has 0 amide bonds. The van der Waals surface area contributed by atoms with E-state index in [1.54, 1.807) is 0 Å². The Bertz CT molecular complexity index is 2540. The molecule has 0 aliphatic carbocycles. The van der Waals surface area contributed by atoms with Crippen molar-refractivity contribution >= 4 is 53.9 Å². The van der Waals surface area contributed by atoms with Crippen LogP contribution in [0.3, 0.4) is 0 Å². The molecule has 0 aliphatic rings. The molecule has 0 heteroatoms. The van der Waals surface area contributed by atoms with Crippen LogP contribution in [0.25, 0.3) is 87.2 Å². The SMILES string of the molecule is c1ccc(-c2cc3cc(-c4cccc(-c5ccc6ccccc6c5)c4)c4ccccc4c3c3c2ccc2ccccc23)cc1. The van der Waals surface area contributed by atoms with Crippen LogP contribution in [0, 0.1) is 0 Å². The Morgan fingerprint density at radius 2 is 0.818 bits per heavy atom. The first kappa shape index (κ1) is 24.8. The van der Waals surface area contributed by atoms with E-state index in [1.807, 2.05) is 0 Å². The Morgan fingerprint density at radius 1 is 0.227 bits per heavy atom. The van der Waals surface area contributed by atoms with Gasteiger partial charge in [0.05, 0.1) is 0 Å². The van der Waals surface area contributed by atoms with Gasteiger partial charge in [0.1, 0.15) is 0 Å². The molecule has 9 rings (SSSR count). The number of hydrogen-bond donors (Lipinski definition) is 0. The van der Waals surface area contributed by atoms with Crippen LogP contribution in [-0.4, -0.2) is 0 Å². The number of hydrogen-bond acceptors (Lipinski definition) is 0. The fourth-order valence-electron chi connectivity index (χ4n) is 7.12. The average Bonchev–Trinajstić information content (AvgIpc) is 3.10. The summed E-state index contributed by atoms with van der Waals surface area (Å²) in [6.07, 6.45) is 0. The van der Waals surface area contributed by atoms with E-state index in [2.05, 4.69) is 170 Å². The van der Waals surface area contributed by atoms with Crippen LogP contribution in [0.2, 0.25) is 0 Å². The van der Waals surface area contributed by atoms with Crippen LogP contribution in [0.15, 0.2) is 170 Å². The van der Waals surface area contributed by atoms with Gasteiger partial charge in [-0.2, -0.15) is 0 Å². The lowest BCUT2D eigenvalue weighted by Crippen LogP contribution is -1.90. The van der Waals surface area contributed by atoms with Gasteiger partial charge in [0, 0.05) is 0 Å². The van der Waals surface area contributed by atoms with Gasteiger partial charge in [-0.15, -0.1) is 0 Å². The fraction of sp³-hybridized carbons (Fsp3) is 0. The molecule has 0 bridgehead atoms. The highest BCUT2D eigenvalue weighted by atomic mass is 14.2. The Hall–Kier alpha value is -5.72. The van der Waals surface area contributed by atoms with Crippen LogP contribution < -0.4 is 0 Å². The van der Waals surface area contributed by atoms with Crippen molar-refractivity contribution in [1.82, 2.24) is 0 Å². The van der Waals surface area contributed by atoms with Gasteiger partial charge in [-0.1, -0.05) is 146 Å². The molecule has 0 N–H and O–H groups in total. The van der Waals surface area contributed by atoms with Crippen LogP contribution in [0.5, 0.6) is 0 Å². The predicted octanol–water partition coefficient (Wildman–Crippen LogP) is 12.5. The second-order valence-corrected chi connectivity index (χ2v) is 11.7. The van der Waals surface area contributed by atoms with E-state index in [4.69, 9.17) is 0 Å². The Kier molecular flexibility index (Phi) is 5.61. The lowest BCUT2D eigenvalue weighted by Gasteiger charge is -2.18. The Labute approximate surface area is 256 Å². The van der Waals surface area contributed by atoms with Gasteiger partial charge in [0.25, 0.3) is 0 Å². The van der Waals surface area contributed by atoms with E-state index in [0.717, 1.165) is 0 Å². The molecule has 44 heavy (non-hydrogen) atoms. The summed E-state index contributed by atoms with van der Waals surface area (Å²) in [4.78, 5) is 0. The number of benzene rings is 9. The van der Waals surface area contributed by atoms with Crippen molar-refractivity contribution < 1.29 is 0 Å². The average molecular weight is 557 g/mol. The molecule has 0 saturated heterocycles. The van der Waals surface area contributed by atoms with Crippen molar-refractivity contribution in [2.45, 2.75) is 0 Å². The van der Waals surface area contributed by atoms with E-state index in [0.29, 0.717) is 0 Å². The van der Waals surface area contributed by atoms with E-state index < -0.39 is 0 Å². The summed E-state index contributed by atoms with van der Waals surface area (Å²) >= 11 is 0. The molecule has 0 spiro atoms. The maximum atomic E-state index is 2.42. The van der Waals surface area contributed by atoms with Gasteiger partial charge in [0.15, 0.2) is 0 Å². The van der Waals surface area contributed by atoms with Crippen LogP contribution in [0.4, 0.5) is 0 Å². The van der Waals surface area contributed by atoms with E-state index in [1.165, 1.54) is 87.2 Å². The first-order valence-corrected chi connectivity index (χ1v) is 15.3. The summed E-state index contributed by atoms with van der Waals surface area (Å²) in [7, 11) is 0. The highest BCUT2D eigenvalue weighted by molar-refractivity contribution is 6.31. The third-order valence-corrected chi connectivity index (χ3v) is 9.19. The summed E-state index contributed by atoms with van der Waals surface area (Å²) in [5.41, 5.74) is 7.46. The molecule has 204 valence electrons. The minimum atomic E-state index is 1.23. The van der Waals surface area contributed by atoms with Crippen molar-refractivity contribution in [2.75, 3.05) is 0 Å². The number of rotatable bonds is 3. The van der Waals surface area contributed by atoms with E-state index in [-0.39, 0.29) is 0 Å². The maximum absolute atomic E-state index is 2.42. The fourth-order valence-corrected chi connectivity index (χ4v) is 7.12. The summed E-state index contributed by atoms with van der Waals surface area (Å²) in [6.45, 7) is 0. The molecule has 0 aliphatic heterocycles. The minimum absolute atomic E-state index is 1.23. The zero-order valence-corrected chi connectivity index (χ0v) is 24.2. The summed E-state index contributed by atoms with van der Waals surface area (Å²) in [5, 5.41) is 12.9. The smallest absolute Gasteiger partial charge is 0.00143 e. The van der Waals surface area contributed by atoms with Gasteiger partial charge < -0.3 is 0 Å². The standard InChI is InChI=1S/C44H28/c1-2-12-30(13-3-1)41-27-36-28-42(35-17-10-16-33(26-35)34-22-21-29-11-4-5-15-32(29)25-34)38-19-8-9-20-39(38)43(36)44-37-18-7-6-14-31(37)23-24-40(41)44/h1-28H. The van der Waals surface area contributed by atoms with Crippen LogP contribution >= 0.6 is 0 Å². The van der Waals surface area contributed by atoms with Crippen molar-refractivity contribution in [3.8, 4) is 33.4 Å². The quantitative estimate of drug-likeness (QED) is 0.190. The van der Waals surface area contributed by atoms with E-state index in [9.17, 15) is 0 Å². The third-order valence-electron chi connectivity index (χ3n) is 9.19. The van der Waals surface area contributed by atoms with Crippen LogP contribution in [-0.2, 0) is 0 Å². The summed E-state index contributed by atoms with van der Waals surface area (Å²) in [5.74, 6) is 0. The lowest BCUT2D eigenvalue weighted by atomic mass is 9.85. The molecular weight excluding hydrogens is 528 g/mol. The number of fused-ring (bicyclic) bond motifs is 8. The molecule has 0 aromatic heterocycles. The lowest BCUT2D eigenvalue weighted by molar-refractivity contribution is 1.62. The van der Waals surface area contributed by atoms with Crippen LogP contribution in [0.1, 0.15) is 0 Å². The monoisotopic (exact) mass is 556 g/mol. The van der Waals surface area contributed by atoms with Gasteiger partial charge in [-0.3, -0.25) is 0 Å². The normalized spacial score (nSPS) is 11.6.